The van der Waals surface area contributed by atoms with Gasteiger partial charge in [0.2, 0.25) is 0 Å². The summed E-state index contributed by atoms with van der Waals surface area (Å²) in [5, 5.41) is 12.7. The Morgan fingerprint density at radius 3 is 2.37 bits per heavy atom. The molecule has 0 aromatic heterocycles. The summed E-state index contributed by atoms with van der Waals surface area (Å²) >= 11 is 0. The van der Waals surface area contributed by atoms with Crippen molar-refractivity contribution in [1.82, 2.24) is 5.32 Å². The summed E-state index contributed by atoms with van der Waals surface area (Å²) in [5.41, 5.74) is 0. The Morgan fingerprint density at radius 2 is 1.84 bits per heavy atom. The molecular formula is C16H31NO2. The zero-order valence-electron chi connectivity index (χ0n) is 13.0. The van der Waals surface area contributed by atoms with Crippen molar-refractivity contribution in [2.45, 2.75) is 78.3 Å². The monoisotopic (exact) mass is 269 g/mol. The molecule has 1 fully saturated rings. The van der Waals surface area contributed by atoms with Crippen LogP contribution in [0.15, 0.2) is 0 Å². The molecule has 0 saturated heterocycles. The van der Waals surface area contributed by atoms with Gasteiger partial charge in [-0.05, 0) is 43.4 Å². The van der Waals surface area contributed by atoms with Crippen molar-refractivity contribution in [2.24, 2.45) is 17.8 Å². The number of carbonyl (C=O) groups is 1. The summed E-state index contributed by atoms with van der Waals surface area (Å²) in [6, 6.07) is 0.0178. The van der Waals surface area contributed by atoms with Crippen molar-refractivity contribution in [3.63, 3.8) is 0 Å². The van der Waals surface area contributed by atoms with Crippen LogP contribution in [0.25, 0.3) is 0 Å². The predicted octanol–water partition coefficient (Wildman–Crippen LogP) is 3.68. The average Bonchev–Trinajstić information content (AvgIpc) is 2.53. The minimum atomic E-state index is -0.696. The lowest BCUT2D eigenvalue weighted by Crippen LogP contribution is -2.44. The minimum absolute atomic E-state index is 0.374. The van der Waals surface area contributed by atoms with E-state index in [2.05, 4.69) is 33.0 Å². The van der Waals surface area contributed by atoms with Gasteiger partial charge in [-0.25, -0.2) is 0 Å². The van der Waals surface area contributed by atoms with Crippen LogP contribution in [0.4, 0.5) is 0 Å². The topological polar surface area (TPSA) is 49.3 Å². The fourth-order valence-electron chi connectivity index (χ4n) is 3.16. The van der Waals surface area contributed by atoms with Gasteiger partial charge in [-0.3, -0.25) is 4.79 Å². The fraction of sp³-hybridized carbons (Fsp3) is 0.938. The van der Waals surface area contributed by atoms with Crippen LogP contribution in [0, 0.1) is 17.8 Å². The van der Waals surface area contributed by atoms with Gasteiger partial charge in [-0.1, -0.05) is 40.5 Å². The highest BCUT2D eigenvalue weighted by Gasteiger charge is 2.25. The van der Waals surface area contributed by atoms with E-state index in [4.69, 9.17) is 0 Å². The summed E-state index contributed by atoms with van der Waals surface area (Å²) in [6.45, 7) is 8.77. The summed E-state index contributed by atoms with van der Waals surface area (Å²) < 4.78 is 0. The highest BCUT2D eigenvalue weighted by Crippen LogP contribution is 2.29. The Morgan fingerprint density at radius 1 is 1.16 bits per heavy atom. The van der Waals surface area contributed by atoms with Gasteiger partial charge in [0.25, 0.3) is 0 Å². The second-order valence-corrected chi connectivity index (χ2v) is 6.90. The van der Waals surface area contributed by atoms with Crippen LogP contribution in [-0.4, -0.2) is 23.2 Å². The first-order chi connectivity index (χ1) is 8.90. The molecular weight excluding hydrogens is 238 g/mol. The van der Waals surface area contributed by atoms with Crippen molar-refractivity contribution < 1.29 is 9.90 Å². The van der Waals surface area contributed by atoms with Gasteiger partial charge >= 0.3 is 5.97 Å². The van der Waals surface area contributed by atoms with Crippen LogP contribution in [0.5, 0.6) is 0 Å². The number of hydrogen-bond donors (Lipinski definition) is 2. The van der Waals surface area contributed by atoms with Crippen LogP contribution in [-0.2, 0) is 4.79 Å². The number of carboxylic acids is 1. The molecule has 0 radical (unpaired) electrons. The third kappa shape index (κ3) is 5.94. The van der Waals surface area contributed by atoms with E-state index in [-0.39, 0.29) is 6.04 Å². The maximum absolute atomic E-state index is 11.3. The number of aliphatic carboxylic acids is 1. The van der Waals surface area contributed by atoms with Crippen LogP contribution in [0.1, 0.15) is 66.2 Å². The SMILES string of the molecule is CC(C)CC(NC1CCCC(C(C)C)CC1)C(=O)O. The third-order valence-electron chi connectivity index (χ3n) is 4.40. The molecule has 112 valence electrons. The molecule has 0 aliphatic heterocycles. The largest absolute Gasteiger partial charge is 0.480 e. The molecule has 2 N–H and O–H groups in total. The maximum Gasteiger partial charge on any atom is 0.320 e. The maximum atomic E-state index is 11.3. The normalized spacial score (nSPS) is 26.4. The summed E-state index contributed by atoms with van der Waals surface area (Å²) in [7, 11) is 0. The summed E-state index contributed by atoms with van der Waals surface area (Å²) in [6.07, 6.45) is 6.75. The Kier molecular flexibility index (Phi) is 6.84. The third-order valence-corrected chi connectivity index (χ3v) is 4.40. The molecule has 0 spiro atoms. The molecule has 19 heavy (non-hydrogen) atoms. The van der Waals surface area contributed by atoms with Crippen LogP contribution >= 0.6 is 0 Å². The molecule has 1 saturated carbocycles. The Balaban J connectivity index is 2.48. The van der Waals surface area contributed by atoms with E-state index in [9.17, 15) is 9.90 Å². The van der Waals surface area contributed by atoms with Crippen LogP contribution in [0.2, 0.25) is 0 Å². The van der Waals surface area contributed by atoms with Gasteiger partial charge in [-0.15, -0.1) is 0 Å². The Hall–Kier alpha value is -0.570. The molecule has 0 aromatic rings. The molecule has 0 bridgehead atoms. The van der Waals surface area contributed by atoms with E-state index in [1.54, 1.807) is 0 Å². The van der Waals surface area contributed by atoms with Crippen molar-refractivity contribution in [1.29, 1.82) is 0 Å². The van der Waals surface area contributed by atoms with Gasteiger partial charge in [0.1, 0.15) is 6.04 Å². The van der Waals surface area contributed by atoms with Gasteiger partial charge in [0.05, 0.1) is 0 Å². The molecule has 1 aliphatic rings. The molecule has 3 atom stereocenters. The van der Waals surface area contributed by atoms with Gasteiger partial charge in [-0.2, -0.15) is 0 Å². The predicted molar refractivity (Wildman–Crippen MR) is 79.2 cm³/mol. The first-order valence-electron chi connectivity index (χ1n) is 7.89. The first kappa shape index (κ1) is 16.5. The zero-order chi connectivity index (χ0) is 14.4. The molecule has 0 amide bonds. The van der Waals surface area contributed by atoms with E-state index in [0.717, 1.165) is 31.1 Å². The first-order valence-corrected chi connectivity index (χ1v) is 7.89. The number of nitrogens with one attached hydrogen (secondary N) is 1. The van der Waals surface area contributed by atoms with Gasteiger partial charge < -0.3 is 10.4 Å². The lowest BCUT2D eigenvalue weighted by Gasteiger charge is -2.23. The number of carboxylic acid groups (broad SMARTS) is 1. The second kappa shape index (κ2) is 7.88. The van der Waals surface area contributed by atoms with Gasteiger partial charge in [0.15, 0.2) is 0 Å². The lowest BCUT2D eigenvalue weighted by atomic mass is 9.89. The lowest BCUT2D eigenvalue weighted by molar-refractivity contribution is -0.140. The second-order valence-electron chi connectivity index (χ2n) is 6.90. The molecule has 1 aliphatic carbocycles. The minimum Gasteiger partial charge on any atom is -0.480 e. The quantitative estimate of drug-likeness (QED) is 0.723. The van der Waals surface area contributed by atoms with Crippen molar-refractivity contribution in [3.8, 4) is 0 Å². The number of rotatable bonds is 6. The van der Waals surface area contributed by atoms with Crippen molar-refractivity contribution >= 4 is 5.97 Å². The van der Waals surface area contributed by atoms with E-state index in [0.29, 0.717) is 12.0 Å². The molecule has 0 aromatic carbocycles. The Labute approximate surface area is 118 Å². The van der Waals surface area contributed by atoms with Crippen LogP contribution < -0.4 is 5.32 Å². The molecule has 1 rings (SSSR count). The molecule has 0 heterocycles. The molecule has 3 heteroatoms. The van der Waals surface area contributed by atoms with E-state index < -0.39 is 5.97 Å². The van der Waals surface area contributed by atoms with E-state index in [1.807, 2.05) is 0 Å². The average molecular weight is 269 g/mol. The standard InChI is InChI=1S/C16H31NO2/c1-11(2)10-15(16(18)19)17-14-7-5-6-13(8-9-14)12(3)4/h11-15,17H,5-10H2,1-4H3,(H,18,19). The Bertz CT molecular complexity index is 276. The van der Waals surface area contributed by atoms with E-state index in [1.165, 1.54) is 19.3 Å². The molecule has 3 nitrogen and oxygen atoms in total. The molecule has 3 unspecified atom stereocenters. The smallest absolute Gasteiger partial charge is 0.320 e. The highest BCUT2D eigenvalue weighted by molar-refractivity contribution is 5.73. The highest BCUT2D eigenvalue weighted by atomic mass is 16.4. The van der Waals surface area contributed by atoms with Crippen molar-refractivity contribution in [3.05, 3.63) is 0 Å². The summed E-state index contributed by atoms with van der Waals surface area (Å²) in [5.74, 6) is 1.30. The summed E-state index contributed by atoms with van der Waals surface area (Å²) in [4.78, 5) is 11.3. The fourth-order valence-corrected chi connectivity index (χ4v) is 3.16. The number of hydrogen-bond acceptors (Lipinski definition) is 2. The van der Waals surface area contributed by atoms with E-state index >= 15 is 0 Å². The van der Waals surface area contributed by atoms with Crippen LogP contribution in [0.3, 0.4) is 0 Å². The van der Waals surface area contributed by atoms with Gasteiger partial charge in [0, 0.05) is 6.04 Å². The zero-order valence-corrected chi connectivity index (χ0v) is 13.0. The van der Waals surface area contributed by atoms with Crippen molar-refractivity contribution in [2.75, 3.05) is 0 Å².